The number of rotatable bonds is 38. The first-order chi connectivity index (χ1) is 71.1. The van der Waals surface area contributed by atoms with Crippen LogP contribution in [0.3, 0.4) is 0 Å². The van der Waals surface area contributed by atoms with E-state index in [9.17, 15) is 79.8 Å². The number of unbranched alkanes of at least 4 members (excludes halogenated alkanes) is 6. The smallest absolute Gasteiger partial charge is 0.319 e. The highest BCUT2D eigenvalue weighted by atomic mass is 16.5. The molecule has 26 atom stereocenters. The Labute approximate surface area is 901 Å². The molecule has 14 aliphatic carbocycles. The molecule has 20 nitrogen and oxygen atoms in total. The van der Waals surface area contributed by atoms with Gasteiger partial charge in [-0.3, -0.25) is 28.8 Å². The molecule has 0 amide bonds. The summed E-state index contributed by atoms with van der Waals surface area (Å²) in [4.78, 5) is 76.3. The summed E-state index contributed by atoms with van der Waals surface area (Å²) in [5, 5.41) is 103. The molecule has 0 spiro atoms. The first-order valence-electron chi connectivity index (χ1n) is 58.7. The molecule has 0 saturated heterocycles. The molecule has 14 rings (SSSR count). The van der Waals surface area contributed by atoms with Crippen LogP contribution in [0.15, 0.2) is 190 Å². The Balaban J connectivity index is 0.000000190. The van der Waals surface area contributed by atoms with Crippen molar-refractivity contribution in [2.24, 2.45) is 114 Å². The summed E-state index contributed by atoms with van der Waals surface area (Å²) in [5.74, 6) is 3.47. The first-order valence-corrected chi connectivity index (χ1v) is 58.7. The van der Waals surface area contributed by atoms with Gasteiger partial charge in [0.05, 0.1) is 98.3 Å². The Hall–Kier alpha value is -7.34. The molecular weight excluding hydrogens is 1880 g/mol. The van der Waals surface area contributed by atoms with Gasteiger partial charge in [0.1, 0.15) is 10.8 Å². The van der Waals surface area contributed by atoms with E-state index in [1.165, 1.54) is 73.7 Å². The van der Waals surface area contributed by atoms with Gasteiger partial charge in [-0.25, -0.2) is 0 Å². The van der Waals surface area contributed by atoms with Crippen molar-refractivity contribution in [2.45, 2.75) is 441 Å². The third-order valence-corrected chi connectivity index (χ3v) is 39.4. The highest BCUT2D eigenvalue weighted by Gasteiger charge is 2.60. The lowest BCUT2D eigenvalue weighted by molar-refractivity contribution is -0.158. The van der Waals surface area contributed by atoms with Gasteiger partial charge in [0, 0.05) is 0 Å². The van der Waals surface area contributed by atoms with E-state index in [4.69, 9.17) is 18.9 Å². The number of fused-ring (bicyclic) bond motifs is 4. The van der Waals surface area contributed by atoms with Crippen LogP contribution in [0.5, 0.6) is 0 Å². The molecule has 0 aliphatic heterocycles. The second kappa shape index (κ2) is 54.6. The van der Waals surface area contributed by atoms with Crippen LogP contribution in [-0.4, -0.2) is 174 Å². The fourth-order valence-electron chi connectivity index (χ4n) is 28.6. The maximum absolute atomic E-state index is 13.0. The van der Waals surface area contributed by atoms with Crippen molar-refractivity contribution in [1.29, 1.82) is 0 Å². The average molecular weight is 2080 g/mol. The number of allylic oxidation sites excluding steroid dienone is 18. The van der Waals surface area contributed by atoms with E-state index in [0.29, 0.717) is 185 Å². The topological polar surface area (TPSA) is 342 Å². The molecular formula is C130H196O20. The van der Waals surface area contributed by atoms with Crippen molar-refractivity contribution in [1.82, 2.24) is 0 Å². The molecule has 14 aliphatic rings. The zero-order chi connectivity index (χ0) is 110. The van der Waals surface area contributed by atoms with Crippen LogP contribution in [0.1, 0.15) is 380 Å². The van der Waals surface area contributed by atoms with Crippen molar-refractivity contribution < 1.29 is 98.8 Å². The number of aliphatic hydroxyl groups excluding tert-OH is 10. The maximum Gasteiger partial charge on any atom is 0.319 e. The third-order valence-electron chi connectivity index (χ3n) is 39.4. The maximum atomic E-state index is 13.0. The Morgan fingerprint density at radius 1 is 0.320 bits per heavy atom. The molecule has 150 heavy (non-hydrogen) atoms. The minimum Gasteiger partial charge on any atom is -0.465 e. The van der Waals surface area contributed by atoms with Gasteiger partial charge in [0.2, 0.25) is 0 Å². The van der Waals surface area contributed by atoms with Crippen molar-refractivity contribution >= 4 is 35.4 Å². The van der Waals surface area contributed by atoms with Crippen LogP contribution in [-0.2, 0) is 47.7 Å². The molecule has 14 fully saturated rings. The van der Waals surface area contributed by atoms with Crippen LogP contribution >= 0.6 is 0 Å². The normalized spacial score (nSPS) is 33.9. The molecule has 0 unspecified atom stereocenters. The van der Waals surface area contributed by atoms with E-state index in [-0.39, 0.29) is 57.0 Å². The van der Waals surface area contributed by atoms with Crippen molar-refractivity contribution in [3.05, 3.63) is 190 Å². The van der Waals surface area contributed by atoms with Gasteiger partial charge in [-0.2, -0.15) is 0 Å². The molecule has 0 aromatic rings. The molecule has 0 aromatic heterocycles. The van der Waals surface area contributed by atoms with E-state index in [1.54, 1.807) is 39.8 Å². The highest BCUT2D eigenvalue weighted by molar-refractivity contribution is 6.09. The van der Waals surface area contributed by atoms with Gasteiger partial charge < -0.3 is 70.0 Å². The van der Waals surface area contributed by atoms with Gasteiger partial charge in [-0.05, 0) is 386 Å². The number of carbonyl (C=O) groups excluding carboxylic acids is 6. The summed E-state index contributed by atoms with van der Waals surface area (Å²) in [6.45, 7) is 50.5. The van der Waals surface area contributed by atoms with Gasteiger partial charge in [0.25, 0.3) is 0 Å². The van der Waals surface area contributed by atoms with E-state index >= 15 is 0 Å². The van der Waals surface area contributed by atoms with Crippen LogP contribution in [0.25, 0.3) is 0 Å². The van der Waals surface area contributed by atoms with Crippen LogP contribution in [0.4, 0.5) is 0 Å². The van der Waals surface area contributed by atoms with Crippen molar-refractivity contribution in [2.75, 3.05) is 26.4 Å². The minimum absolute atomic E-state index is 0.170. The first kappa shape index (κ1) is 123. The van der Waals surface area contributed by atoms with Crippen LogP contribution in [0, 0.1) is 114 Å². The Morgan fingerprint density at radius 2 is 0.547 bits per heavy atom. The Bertz CT molecular complexity index is 4680. The SMILES string of the molecule is C=C1[C@H](O)CC(=C/C=C2\CCC[C@]3(C)[C@@H]([C@@H](C)/C=C/C(=O)C(C)(C)C(=O)OCCCCC)CC[C@@H]23)C[C@H]1O.C=C1[C@H](O)CC(=C/C=C2\CCC[C@]3(C)[C@@H]([C@@H](C)/C=C/[C@@H](O)C4(C(=O)OCCCC)CC4)CC[C@@H]23)C[C@H]1O.C=C1[C@H](O)CC(=C/C=C2\CCC[C@]3(C)[C@@H]([C@H](C)/C=C/C(=O)C(C)(C)C(=O)OCCCCC)CC[C@@H]23)C[C@H]1O.C=C1[C@H](O)CC(=C/C=C2\CCC[C@]3(C)[C@@H]([C@H](C)/C=C/[C@@H](O)C4(C(=O)OCCCC)CC4)CC[C@@H]23)C[C@H]1O. The lowest BCUT2D eigenvalue weighted by Gasteiger charge is -2.44. The molecule has 0 bridgehead atoms. The number of hydrogen-bond acceptors (Lipinski definition) is 20. The molecule has 14 saturated carbocycles. The van der Waals surface area contributed by atoms with E-state index in [1.807, 2.05) is 24.3 Å². The van der Waals surface area contributed by atoms with Crippen molar-refractivity contribution in [3.8, 4) is 0 Å². The number of hydrogen-bond donors (Lipinski definition) is 10. The zero-order valence-corrected chi connectivity index (χ0v) is 94.8. The number of aliphatic hydroxyl groups is 10. The fourth-order valence-corrected chi connectivity index (χ4v) is 28.6. The predicted octanol–water partition coefficient (Wildman–Crippen LogP) is 24.9. The van der Waals surface area contributed by atoms with E-state index in [0.717, 1.165) is 164 Å². The monoisotopic (exact) mass is 2080 g/mol. The Kier molecular flexibility index (Phi) is 44.7. The zero-order valence-electron chi connectivity index (χ0n) is 94.8. The number of carbonyl (C=O) groups is 6. The quantitative estimate of drug-likeness (QED) is 0.00685. The van der Waals surface area contributed by atoms with Crippen LogP contribution < -0.4 is 0 Å². The van der Waals surface area contributed by atoms with Gasteiger partial charge in [0.15, 0.2) is 11.6 Å². The number of esters is 4. The van der Waals surface area contributed by atoms with E-state index < -0.39 is 94.6 Å². The molecule has 10 N–H and O–H groups in total. The average Bonchev–Trinajstić information content (AvgIpc) is 1.61. The fraction of sp³-hybridized carbons (Fsp3) is 0.708. The highest BCUT2D eigenvalue weighted by Crippen LogP contribution is 2.65. The molecule has 0 radical (unpaired) electrons. The second-order valence-corrected chi connectivity index (χ2v) is 50.5. The molecule has 0 aromatic carbocycles. The second-order valence-electron chi connectivity index (χ2n) is 50.5. The lowest BCUT2D eigenvalue weighted by atomic mass is 9.61. The standard InChI is InChI=1S/2C33H50O5.2C32H48O5/c2*1-7-8-9-19-38-31(37)32(4,5)30(36)17-12-22(2)26-15-16-27-25(11-10-18-33(26,27)6)14-13-24-20-28(34)23(3)29(35)21-24;2*1-5-6-18-37-30(36)32(16-17-32)29(35)14-9-21(2)25-12-13-26-24(8-7-15-31(25,26)4)11-10-23-19-27(33)22(3)28(34)20-23/h2*12-14,17,22,26-29,34-35H,3,7-11,15-16,18-21H2,1-2,4-6H3;2*9-11,14,21,25-29,33-35H,3,5-8,12-13,15-20H2,1-2,4H3/b2*17-12+,25-14+;2*14-9+,24-11+/t22-,26+,27-,28+,29+,33+;22-,26-,27+,28-,29-,33-;21-,25+,26-,27+,28+,29+,31+;21-,25-,26+,27-,28-,29-,31-/m0101/s1. The minimum atomic E-state index is -1.18. The van der Waals surface area contributed by atoms with Gasteiger partial charge in [-0.15, -0.1) is 0 Å². The Morgan fingerprint density at radius 3 is 0.773 bits per heavy atom. The summed E-state index contributed by atoms with van der Waals surface area (Å²) in [5.41, 5.74) is 9.35. The molecule has 836 valence electrons. The predicted molar refractivity (Wildman–Crippen MR) is 598 cm³/mol. The van der Waals surface area contributed by atoms with Gasteiger partial charge in [-0.1, -0.05) is 278 Å². The molecule has 20 heteroatoms. The van der Waals surface area contributed by atoms with Crippen molar-refractivity contribution in [3.63, 3.8) is 0 Å². The summed E-state index contributed by atoms with van der Waals surface area (Å²) in [6.07, 6.45) is 65.8. The largest absolute Gasteiger partial charge is 0.465 e. The molecule has 0 heterocycles. The summed E-state index contributed by atoms with van der Waals surface area (Å²) >= 11 is 0. The lowest BCUT2D eigenvalue weighted by Crippen LogP contribution is -2.36. The number of ether oxygens (including phenoxy) is 4. The summed E-state index contributed by atoms with van der Waals surface area (Å²) in [6, 6.07) is 0. The van der Waals surface area contributed by atoms with Crippen LogP contribution in [0.2, 0.25) is 0 Å². The van der Waals surface area contributed by atoms with E-state index in [2.05, 4.69) is 170 Å². The summed E-state index contributed by atoms with van der Waals surface area (Å²) < 4.78 is 21.7. The third kappa shape index (κ3) is 29.6. The number of ketones is 2. The summed E-state index contributed by atoms with van der Waals surface area (Å²) in [7, 11) is 0. The van der Waals surface area contributed by atoms with Gasteiger partial charge >= 0.3 is 23.9 Å².